The normalized spacial score (nSPS) is 18.9. The Morgan fingerprint density at radius 1 is 1.42 bits per heavy atom. The van der Waals surface area contributed by atoms with Crippen molar-refractivity contribution in [3.05, 3.63) is 28.7 Å². The zero-order valence-electron chi connectivity index (χ0n) is 14.7. The van der Waals surface area contributed by atoms with E-state index in [0.29, 0.717) is 6.61 Å². The summed E-state index contributed by atoms with van der Waals surface area (Å²) in [5, 5.41) is 2.97. The Kier molecular flexibility index (Phi) is 6.92. The van der Waals surface area contributed by atoms with E-state index in [9.17, 15) is 4.79 Å². The molecule has 0 radical (unpaired) electrons. The Bertz CT molecular complexity index is 545. The molecule has 0 aliphatic carbocycles. The molecular formula is C18H27BrN2O3. The number of rotatable bonds is 5. The van der Waals surface area contributed by atoms with Crippen molar-refractivity contribution in [2.45, 2.75) is 45.3 Å². The van der Waals surface area contributed by atoms with Gasteiger partial charge >= 0.3 is 6.09 Å². The van der Waals surface area contributed by atoms with Crippen LogP contribution < -0.4 is 10.1 Å². The van der Waals surface area contributed by atoms with Crippen LogP contribution in [-0.4, -0.2) is 48.9 Å². The van der Waals surface area contributed by atoms with Crippen LogP contribution in [0.3, 0.4) is 0 Å². The molecule has 134 valence electrons. The first-order valence-electron chi connectivity index (χ1n) is 8.42. The number of alkyl carbamates (subject to hydrolysis) is 1. The van der Waals surface area contributed by atoms with Crippen LogP contribution in [0.5, 0.6) is 5.75 Å². The summed E-state index contributed by atoms with van der Waals surface area (Å²) in [6.07, 6.45) is 1.72. The van der Waals surface area contributed by atoms with E-state index in [1.165, 1.54) is 0 Å². The molecule has 5 nitrogen and oxygen atoms in total. The molecule has 1 aliphatic heterocycles. The van der Waals surface area contributed by atoms with Gasteiger partial charge in [-0.2, -0.15) is 0 Å². The first-order valence-corrected chi connectivity index (χ1v) is 9.21. The fourth-order valence-corrected chi connectivity index (χ4v) is 3.08. The van der Waals surface area contributed by atoms with Crippen molar-refractivity contribution < 1.29 is 14.3 Å². The molecule has 1 amide bonds. The zero-order chi connectivity index (χ0) is 17.6. The maximum absolute atomic E-state index is 11.9. The quantitative estimate of drug-likeness (QED) is 0.818. The zero-order valence-corrected chi connectivity index (χ0v) is 16.3. The Hall–Kier alpha value is -1.27. The summed E-state index contributed by atoms with van der Waals surface area (Å²) in [6, 6.07) is 7.99. The number of piperidine rings is 1. The monoisotopic (exact) mass is 398 g/mol. The number of amides is 1. The highest BCUT2D eigenvalue weighted by atomic mass is 79.9. The number of nitrogens with zero attached hydrogens (tertiary/aromatic N) is 1. The van der Waals surface area contributed by atoms with Crippen molar-refractivity contribution in [2.75, 3.05) is 26.2 Å². The predicted octanol–water partition coefficient (Wildman–Crippen LogP) is 3.82. The lowest BCUT2D eigenvalue weighted by Gasteiger charge is -2.33. The molecule has 0 saturated carbocycles. The average molecular weight is 399 g/mol. The van der Waals surface area contributed by atoms with Gasteiger partial charge < -0.3 is 14.8 Å². The smallest absolute Gasteiger partial charge is 0.407 e. The average Bonchev–Trinajstić information content (AvgIpc) is 2.45. The van der Waals surface area contributed by atoms with Crippen LogP contribution in [-0.2, 0) is 4.74 Å². The number of likely N-dealkylation sites (tertiary alicyclic amines) is 1. The Labute approximate surface area is 152 Å². The van der Waals surface area contributed by atoms with E-state index in [1.807, 2.05) is 45.0 Å². The van der Waals surface area contributed by atoms with E-state index >= 15 is 0 Å². The Morgan fingerprint density at radius 3 is 2.92 bits per heavy atom. The van der Waals surface area contributed by atoms with Crippen molar-refractivity contribution in [3.63, 3.8) is 0 Å². The van der Waals surface area contributed by atoms with Gasteiger partial charge in [-0.25, -0.2) is 4.79 Å². The van der Waals surface area contributed by atoms with Crippen LogP contribution in [0.4, 0.5) is 4.79 Å². The number of benzene rings is 1. The van der Waals surface area contributed by atoms with Gasteiger partial charge in [-0.15, -0.1) is 0 Å². The fourth-order valence-electron chi connectivity index (χ4n) is 2.70. The van der Waals surface area contributed by atoms with E-state index in [2.05, 4.69) is 26.1 Å². The second-order valence-corrected chi connectivity index (χ2v) is 8.01. The highest BCUT2D eigenvalue weighted by Crippen LogP contribution is 2.18. The minimum absolute atomic E-state index is 0.138. The van der Waals surface area contributed by atoms with Crippen LogP contribution in [0, 0.1) is 0 Å². The summed E-state index contributed by atoms with van der Waals surface area (Å²) in [6.45, 7) is 8.97. The summed E-state index contributed by atoms with van der Waals surface area (Å²) in [5.41, 5.74) is -0.462. The van der Waals surface area contributed by atoms with Gasteiger partial charge in [-0.05, 0) is 58.4 Å². The number of hydrogen-bond donors (Lipinski definition) is 1. The minimum Gasteiger partial charge on any atom is -0.492 e. The molecule has 1 saturated heterocycles. The first-order chi connectivity index (χ1) is 11.3. The predicted molar refractivity (Wildman–Crippen MR) is 98.5 cm³/mol. The standard InChI is InChI=1S/C18H27BrN2O3/c1-18(2,3)24-17(22)20-15-7-5-9-21(13-15)10-11-23-16-8-4-6-14(19)12-16/h4,6,8,12,15H,5,7,9-11,13H2,1-3H3,(H,20,22). The van der Waals surface area contributed by atoms with Gasteiger partial charge in [0.2, 0.25) is 0 Å². The van der Waals surface area contributed by atoms with E-state index in [-0.39, 0.29) is 12.1 Å². The van der Waals surface area contributed by atoms with Gasteiger partial charge in [-0.3, -0.25) is 4.90 Å². The third-order valence-electron chi connectivity index (χ3n) is 3.70. The van der Waals surface area contributed by atoms with E-state index in [0.717, 1.165) is 42.7 Å². The largest absolute Gasteiger partial charge is 0.492 e. The van der Waals surface area contributed by atoms with Crippen molar-refractivity contribution in [3.8, 4) is 5.75 Å². The molecule has 1 unspecified atom stereocenters. The van der Waals surface area contributed by atoms with Crippen LogP contribution in [0.15, 0.2) is 28.7 Å². The van der Waals surface area contributed by atoms with Gasteiger partial charge in [0.05, 0.1) is 0 Å². The number of carbonyl (C=O) groups is 1. The number of halogens is 1. The van der Waals surface area contributed by atoms with Crippen LogP contribution in [0.25, 0.3) is 0 Å². The first kappa shape index (κ1) is 19.1. The van der Waals surface area contributed by atoms with E-state index < -0.39 is 5.60 Å². The molecule has 1 heterocycles. The molecular weight excluding hydrogens is 372 g/mol. The van der Waals surface area contributed by atoms with Gasteiger partial charge in [0.25, 0.3) is 0 Å². The molecule has 1 aromatic carbocycles. The molecule has 1 aromatic rings. The van der Waals surface area contributed by atoms with E-state index in [4.69, 9.17) is 9.47 Å². The SMILES string of the molecule is CC(C)(C)OC(=O)NC1CCCN(CCOc2cccc(Br)c2)C1. The van der Waals surface area contributed by atoms with Gasteiger partial charge in [0.1, 0.15) is 18.0 Å². The molecule has 1 aliphatic rings. The molecule has 6 heteroatoms. The highest BCUT2D eigenvalue weighted by molar-refractivity contribution is 9.10. The second-order valence-electron chi connectivity index (χ2n) is 7.09. The maximum atomic E-state index is 11.9. The summed E-state index contributed by atoms with van der Waals surface area (Å²) in [7, 11) is 0. The molecule has 1 atom stereocenters. The minimum atomic E-state index is -0.462. The molecule has 2 rings (SSSR count). The Morgan fingerprint density at radius 2 is 2.21 bits per heavy atom. The van der Waals surface area contributed by atoms with Crippen molar-refractivity contribution in [1.29, 1.82) is 0 Å². The number of carbonyl (C=O) groups excluding carboxylic acids is 1. The lowest BCUT2D eigenvalue weighted by molar-refractivity contribution is 0.0469. The summed E-state index contributed by atoms with van der Waals surface area (Å²) >= 11 is 3.44. The second kappa shape index (κ2) is 8.72. The molecule has 0 spiro atoms. The fraction of sp³-hybridized carbons (Fsp3) is 0.611. The highest BCUT2D eigenvalue weighted by Gasteiger charge is 2.24. The van der Waals surface area contributed by atoms with Crippen LogP contribution >= 0.6 is 15.9 Å². The third kappa shape index (κ3) is 7.09. The summed E-state index contributed by atoms with van der Waals surface area (Å²) < 4.78 is 12.1. The maximum Gasteiger partial charge on any atom is 0.407 e. The molecule has 1 fully saturated rings. The summed E-state index contributed by atoms with van der Waals surface area (Å²) in [5.74, 6) is 0.866. The van der Waals surface area contributed by atoms with Crippen LogP contribution in [0.1, 0.15) is 33.6 Å². The Balaban J connectivity index is 1.72. The van der Waals surface area contributed by atoms with Gasteiger partial charge in [-0.1, -0.05) is 22.0 Å². The van der Waals surface area contributed by atoms with Gasteiger partial charge in [0, 0.05) is 23.6 Å². The lowest BCUT2D eigenvalue weighted by Crippen LogP contribution is -2.49. The number of nitrogens with one attached hydrogen (secondary N) is 1. The molecule has 0 bridgehead atoms. The van der Waals surface area contributed by atoms with Crippen LogP contribution in [0.2, 0.25) is 0 Å². The molecule has 1 N–H and O–H groups in total. The number of ether oxygens (including phenoxy) is 2. The van der Waals surface area contributed by atoms with Gasteiger partial charge in [0.15, 0.2) is 0 Å². The van der Waals surface area contributed by atoms with Crippen molar-refractivity contribution in [2.24, 2.45) is 0 Å². The topological polar surface area (TPSA) is 50.8 Å². The molecule has 24 heavy (non-hydrogen) atoms. The lowest BCUT2D eigenvalue weighted by atomic mass is 10.1. The van der Waals surface area contributed by atoms with Crippen molar-refractivity contribution >= 4 is 22.0 Å². The van der Waals surface area contributed by atoms with E-state index in [1.54, 1.807) is 0 Å². The number of hydrogen-bond acceptors (Lipinski definition) is 4. The third-order valence-corrected chi connectivity index (χ3v) is 4.19. The summed E-state index contributed by atoms with van der Waals surface area (Å²) in [4.78, 5) is 14.2. The molecule has 0 aromatic heterocycles. The van der Waals surface area contributed by atoms with Crippen molar-refractivity contribution in [1.82, 2.24) is 10.2 Å².